The third kappa shape index (κ3) is 2.90. The summed E-state index contributed by atoms with van der Waals surface area (Å²) < 4.78 is 1.23. The summed E-state index contributed by atoms with van der Waals surface area (Å²) in [5.41, 5.74) is -0.610. The molecule has 4 aromatic rings. The number of anilines is 1. The molecule has 0 radical (unpaired) electrons. The van der Waals surface area contributed by atoms with Gasteiger partial charge in [0.15, 0.2) is 11.2 Å². The molecule has 1 amide bonds. The van der Waals surface area contributed by atoms with Crippen LogP contribution in [0.5, 0.6) is 5.88 Å². The second kappa shape index (κ2) is 6.61. The van der Waals surface area contributed by atoms with Crippen molar-refractivity contribution >= 4 is 52.2 Å². The van der Waals surface area contributed by atoms with E-state index in [0.29, 0.717) is 10.3 Å². The van der Waals surface area contributed by atoms with Crippen LogP contribution in [-0.4, -0.2) is 20.4 Å². The number of carbonyl (C=O) groups excluding carboxylic acids is 1. The lowest BCUT2D eigenvalue weighted by Gasteiger charge is -2.11. The molecule has 0 atom stereocenters. The fraction of sp³-hybridized carbons (Fsp3) is 0. The Morgan fingerprint density at radius 1 is 1.15 bits per heavy atom. The van der Waals surface area contributed by atoms with Crippen LogP contribution < -0.4 is 10.9 Å². The third-order valence-electron chi connectivity index (χ3n) is 4.15. The summed E-state index contributed by atoms with van der Waals surface area (Å²) in [4.78, 5) is 30.0. The largest absolute Gasteiger partial charge is 0.493 e. The Morgan fingerprint density at radius 3 is 2.74 bits per heavy atom. The van der Waals surface area contributed by atoms with E-state index in [4.69, 9.17) is 11.6 Å². The molecule has 0 aliphatic rings. The van der Waals surface area contributed by atoms with Crippen molar-refractivity contribution in [2.75, 3.05) is 5.32 Å². The number of thiol groups is 1. The van der Waals surface area contributed by atoms with Crippen LogP contribution in [-0.2, 0) is 0 Å². The van der Waals surface area contributed by atoms with Crippen LogP contribution in [0.2, 0.25) is 5.02 Å². The summed E-state index contributed by atoms with van der Waals surface area (Å²) >= 11 is 10.3. The summed E-state index contributed by atoms with van der Waals surface area (Å²) in [6.07, 6.45) is 1.52. The smallest absolute Gasteiger partial charge is 0.274 e. The average Bonchev–Trinajstić information content (AvgIpc) is 2.65. The van der Waals surface area contributed by atoms with Gasteiger partial charge in [0.2, 0.25) is 5.88 Å². The first kappa shape index (κ1) is 17.4. The molecule has 2 aromatic carbocycles. The number of aromatic hydroxyl groups is 1. The quantitative estimate of drug-likeness (QED) is 0.355. The summed E-state index contributed by atoms with van der Waals surface area (Å²) in [7, 11) is 0. The van der Waals surface area contributed by atoms with Crippen molar-refractivity contribution in [3.05, 3.63) is 75.7 Å². The molecule has 2 aromatic heterocycles. The van der Waals surface area contributed by atoms with Crippen molar-refractivity contribution < 1.29 is 9.90 Å². The van der Waals surface area contributed by atoms with Crippen molar-refractivity contribution in [1.82, 2.24) is 9.38 Å². The highest BCUT2D eigenvalue weighted by Crippen LogP contribution is 2.29. The van der Waals surface area contributed by atoms with Crippen molar-refractivity contribution in [3.63, 3.8) is 0 Å². The Hall–Kier alpha value is -3.03. The Bertz CT molecular complexity index is 1290. The number of nitrogens with one attached hydrogen (secondary N) is 1. The lowest BCUT2D eigenvalue weighted by molar-refractivity contribution is 0.102. The number of fused-ring (bicyclic) bond motifs is 3. The molecule has 0 saturated heterocycles. The Labute approximate surface area is 163 Å². The molecule has 0 unspecified atom stereocenters. The number of nitrogens with zero attached hydrogens (tertiary/aromatic N) is 2. The van der Waals surface area contributed by atoms with Gasteiger partial charge in [0.25, 0.3) is 11.5 Å². The van der Waals surface area contributed by atoms with Gasteiger partial charge in [0.05, 0.1) is 10.7 Å². The number of amides is 1. The number of hydrogen-bond donors (Lipinski definition) is 3. The van der Waals surface area contributed by atoms with E-state index >= 15 is 0 Å². The first-order valence-electron chi connectivity index (χ1n) is 7.89. The van der Waals surface area contributed by atoms with Gasteiger partial charge in [0, 0.05) is 16.5 Å². The van der Waals surface area contributed by atoms with Crippen molar-refractivity contribution in [3.8, 4) is 5.88 Å². The Morgan fingerprint density at radius 2 is 1.93 bits per heavy atom. The van der Waals surface area contributed by atoms with Crippen LogP contribution in [0.25, 0.3) is 16.4 Å². The lowest BCUT2D eigenvalue weighted by Crippen LogP contribution is -2.27. The Balaban J connectivity index is 1.87. The number of pyridine rings is 1. The van der Waals surface area contributed by atoms with E-state index in [2.05, 4.69) is 22.9 Å². The van der Waals surface area contributed by atoms with Gasteiger partial charge in [-0.15, -0.1) is 12.6 Å². The van der Waals surface area contributed by atoms with E-state index < -0.39 is 22.9 Å². The standard InChI is InChI=1S/C19H12ClN3O3S/c20-15-12(6-3-7-13(15)27)21-17(24)14-18(25)22-16-11-5-2-1-4-10(11)8-9-23(16)19(14)26/h1-9,25,27H,(H,21,24). The highest BCUT2D eigenvalue weighted by molar-refractivity contribution is 7.80. The summed E-state index contributed by atoms with van der Waals surface area (Å²) in [5, 5.41) is 14.6. The van der Waals surface area contributed by atoms with E-state index in [-0.39, 0.29) is 16.4 Å². The lowest BCUT2D eigenvalue weighted by atomic mass is 10.1. The van der Waals surface area contributed by atoms with Gasteiger partial charge < -0.3 is 10.4 Å². The van der Waals surface area contributed by atoms with Crippen molar-refractivity contribution in [1.29, 1.82) is 0 Å². The molecule has 0 spiro atoms. The molecule has 0 aliphatic carbocycles. The van der Waals surface area contributed by atoms with Crippen molar-refractivity contribution in [2.45, 2.75) is 4.90 Å². The first-order chi connectivity index (χ1) is 13.0. The molecule has 0 aliphatic heterocycles. The molecular weight excluding hydrogens is 386 g/mol. The van der Waals surface area contributed by atoms with E-state index in [1.165, 1.54) is 10.6 Å². The van der Waals surface area contributed by atoms with Gasteiger partial charge in [-0.25, -0.2) is 0 Å². The second-order valence-corrected chi connectivity index (χ2v) is 6.66. The maximum Gasteiger partial charge on any atom is 0.274 e. The van der Waals surface area contributed by atoms with E-state index in [1.807, 2.05) is 12.1 Å². The van der Waals surface area contributed by atoms with E-state index in [0.717, 1.165) is 5.39 Å². The molecule has 4 rings (SSSR count). The molecule has 2 N–H and O–H groups in total. The van der Waals surface area contributed by atoms with E-state index in [1.54, 1.807) is 36.4 Å². The van der Waals surface area contributed by atoms with Gasteiger partial charge >= 0.3 is 0 Å². The van der Waals surface area contributed by atoms with E-state index in [9.17, 15) is 14.7 Å². The fourth-order valence-electron chi connectivity index (χ4n) is 2.85. The fourth-order valence-corrected chi connectivity index (χ4v) is 3.23. The zero-order chi connectivity index (χ0) is 19.1. The highest BCUT2D eigenvalue weighted by Gasteiger charge is 2.21. The SMILES string of the molecule is O=C(Nc1cccc(S)c1Cl)c1c(O)nc2c3ccccc3ccn2c1=O. The first-order valence-corrected chi connectivity index (χ1v) is 8.72. The predicted molar refractivity (Wildman–Crippen MR) is 107 cm³/mol. The van der Waals surface area contributed by atoms with Gasteiger partial charge in [-0.3, -0.25) is 14.0 Å². The monoisotopic (exact) mass is 397 g/mol. The number of carbonyl (C=O) groups is 1. The normalized spacial score (nSPS) is 11.0. The minimum Gasteiger partial charge on any atom is -0.493 e. The maximum absolute atomic E-state index is 12.8. The van der Waals surface area contributed by atoms with Crippen LogP contribution in [0.15, 0.2) is 64.4 Å². The number of aromatic nitrogens is 2. The number of rotatable bonds is 2. The second-order valence-electron chi connectivity index (χ2n) is 5.80. The molecular formula is C19H12ClN3O3S. The molecule has 8 heteroatoms. The van der Waals surface area contributed by atoms with Crippen LogP contribution in [0.3, 0.4) is 0 Å². The van der Waals surface area contributed by atoms with Crippen LogP contribution >= 0.6 is 24.2 Å². The van der Waals surface area contributed by atoms with Gasteiger partial charge in [0.1, 0.15) is 0 Å². The van der Waals surface area contributed by atoms with Crippen LogP contribution in [0, 0.1) is 0 Å². The molecule has 6 nitrogen and oxygen atoms in total. The summed E-state index contributed by atoms with van der Waals surface area (Å²) in [5.74, 6) is -1.46. The maximum atomic E-state index is 12.8. The molecule has 0 bridgehead atoms. The van der Waals surface area contributed by atoms with Crippen LogP contribution in [0.4, 0.5) is 5.69 Å². The third-order valence-corrected chi connectivity index (χ3v) is 5.07. The van der Waals surface area contributed by atoms with Crippen molar-refractivity contribution in [2.24, 2.45) is 0 Å². The highest BCUT2D eigenvalue weighted by atomic mass is 35.5. The minimum absolute atomic E-state index is 0.230. The molecule has 134 valence electrons. The zero-order valence-electron chi connectivity index (χ0n) is 13.7. The molecule has 2 heterocycles. The van der Waals surface area contributed by atoms with Crippen LogP contribution in [0.1, 0.15) is 10.4 Å². The van der Waals surface area contributed by atoms with Gasteiger partial charge in [-0.05, 0) is 23.6 Å². The van der Waals surface area contributed by atoms with Gasteiger partial charge in [-0.2, -0.15) is 4.98 Å². The molecule has 0 saturated carbocycles. The number of halogens is 1. The average molecular weight is 398 g/mol. The number of benzene rings is 2. The topological polar surface area (TPSA) is 83.7 Å². The minimum atomic E-state index is -0.812. The predicted octanol–water partition coefficient (Wildman–Crippen LogP) is 3.75. The zero-order valence-corrected chi connectivity index (χ0v) is 15.3. The molecule has 0 fully saturated rings. The number of hydrogen-bond acceptors (Lipinski definition) is 5. The van der Waals surface area contributed by atoms with Gasteiger partial charge in [-0.1, -0.05) is 41.9 Å². The summed E-state index contributed by atoms with van der Waals surface area (Å²) in [6, 6.07) is 13.9. The summed E-state index contributed by atoms with van der Waals surface area (Å²) in [6.45, 7) is 0. The Kier molecular flexibility index (Phi) is 4.25. The molecule has 27 heavy (non-hydrogen) atoms.